The Morgan fingerprint density at radius 2 is 1.29 bits per heavy atom. The van der Waals surface area contributed by atoms with Crippen LogP contribution in [0.5, 0.6) is 0 Å². The largest absolute Gasteiger partial charge is 0.673 e. The molecule has 0 bridgehead atoms. The van der Waals surface area contributed by atoms with E-state index in [2.05, 4.69) is 0 Å². The van der Waals surface area contributed by atoms with Crippen molar-refractivity contribution < 1.29 is 26.8 Å². The lowest BCUT2D eigenvalue weighted by atomic mass is 9.80. The predicted octanol–water partition coefficient (Wildman–Crippen LogP) is 4.07. The molecule has 0 N–H and O–H groups in total. The molecular formula is C10H20BF4O2-. The number of hydrogen-bond acceptors (Lipinski definition) is 2. The minimum atomic E-state index is -6.00. The van der Waals surface area contributed by atoms with Crippen molar-refractivity contribution >= 4 is 13.2 Å². The van der Waals surface area contributed by atoms with Gasteiger partial charge in [-0.25, -0.2) is 0 Å². The normalized spacial score (nSPS) is 11.5. The Hall–Kier alpha value is -0.745. The molecule has 0 heterocycles. The van der Waals surface area contributed by atoms with Crippen LogP contribution in [0.1, 0.15) is 47.0 Å². The smallest absolute Gasteiger partial charge is 0.466 e. The summed E-state index contributed by atoms with van der Waals surface area (Å²) in [6.45, 7) is 8.47. The molecule has 2 nitrogen and oxygen atoms in total. The van der Waals surface area contributed by atoms with Gasteiger partial charge in [0.15, 0.2) is 0 Å². The van der Waals surface area contributed by atoms with E-state index in [1.807, 2.05) is 27.7 Å². The van der Waals surface area contributed by atoms with E-state index in [1.165, 1.54) is 0 Å². The zero-order chi connectivity index (χ0) is 14.1. The lowest BCUT2D eigenvalue weighted by molar-refractivity contribution is -0.156. The summed E-state index contributed by atoms with van der Waals surface area (Å²) in [7, 11) is -6.00. The van der Waals surface area contributed by atoms with Crippen LogP contribution in [0.25, 0.3) is 0 Å². The second-order valence-corrected chi connectivity index (χ2v) is 3.56. The summed E-state index contributed by atoms with van der Waals surface area (Å²) in [5.74, 6) is -0.0301. The molecule has 0 aromatic heterocycles. The van der Waals surface area contributed by atoms with E-state index < -0.39 is 7.25 Å². The maximum Gasteiger partial charge on any atom is 0.673 e. The zero-order valence-corrected chi connectivity index (χ0v) is 10.7. The first-order chi connectivity index (χ1) is 7.66. The monoisotopic (exact) mass is 259 g/mol. The minimum absolute atomic E-state index is 0.0301. The van der Waals surface area contributed by atoms with Crippen molar-refractivity contribution in [2.45, 2.75) is 47.0 Å². The van der Waals surface area contributed by atoms with E-state index in [4.69, 9.17) is 4.74 Å². The number of esters is 1. The summed E-state index contributed by atoms with van der Waals surface area (Å²) in [5, 5.41) is 0. The first-order valence-electron chi connectivity index (χ1n) is 5.71. The molecule has 0 unspecified atom stereocenters. The maximum absolute atomic E-state index is 11.5. The summed E-state index contributed by atoms with van der Waals surface area (Å²) < 4.78 is 44.0. The highest BCUT2D eigenvalue weighted by molar-refractivity contribution is 6.50. The van der Waals surface area contributed by atoms with Crippen molar-refractivity contribution in [1.82, 2.24) is 0 Å². The fraction of sp³-hybridized carbons (Fsp3) is 0.900. The third-order valence-electron chi connectivity index (χ3n) is 2.74. The zero-order valence-electron chi connectivity index (χ0n) is 10.7. The number of carbonyl (C=O) groups is 1. The van der Waals surface area contributed by atoms with Crippen molar-refractivity contribution in [2.75, 3.05) is 6.61 Å². The predicted molar refractivity (Wildman–Crippen MR) is 60.1 cm³/mol. The van der Waals surface area contributed by atoms with Crippen molar-refractivity contribution in [2.24, 2.45) is 5.41 Å². The van der Waals surface area contributed by atoms with Gasteiger partial charge in [0, 0.05) is 0 Å². The van der Waals surface area contributed by atoms with Gasteiger partial charge in [-0.3, -0.25) is 4.79 Å². The first-order valence-corrected chi connectivity index (χ1v) is 5.71. The average molecular weight is 259 g/mol. The molecule has 0 aromatic carbocycles. The molecule has 0 rings (SSSR count). The Labute approximate surface area is 99.8 Å². The molecule has 0 aliphatic carbocycles. The van der Waals surface area contributed by atoms with Gasteiger partial charge >= 0.3 is 13.2 Å². The molecule has 0 amide bonds. The Morgan fingerprint density at radius 1 is 1.00 bits per heavy atom. The molecule has 0 spiro atoms. The van der Waals surface area contributed by atoms with Gasteiger partial charge in [-0.2, -0.15) is 0 Å². The second-order valence-electron chi connectivity index (χ2n) is 3.56. The van der Waals surface area contributed by atoms with Gasteiger partial charge in [0.25, 0.3) is 0 Å². The van der Waals surface area contributed by atoms with Crippen LogP contribution < -0.4 is 0 Å². The average Bonchev–Trinajstić information content (AvgIpc) is 2.19. The fourth-order valence-electron chi connectivity index (χ4n) is 1.47. The standard InChI is InChI=1S/C10H20O2.BF4/c1-5-10(6-2,7-3)9(11)12-8-4;2-1(3,4)5/h5-8H2,1-4H3;/q;-1. The van der Waals surface area contributed by atoms with Crippen molar-refractivity contribution in [3.63, 3.8) is 0 Å². The van der Waals surface area contributed by atoms with Crippen LogP contribution in [0.2, 0.25) is 0 Å². The molecule has 0 atom stereocenters. The number of ether oxygens (including phenoxy) is 1. The van der Waals surface area contributed by atoms with Crippen molar-refractivity contribution in [1.29, 1.82) is 0 Å². The molecular weight excluding hydrogens is 239 g/mol. The van der Waals surface area contributed by atoms with Crippen LogP contribution in [0.3, 0.4) is 0 Å². The quantitative estimate of drug-likeness (QED) is 0.422. The third kappa shape index (κ3) is 9.00. The van der Waals surface area contributed by atoms with Gasteiger partial charge in [-0.15, -0.1) is 0 Å². The van der Waals surface area contributed by atoms with Crippen molar-refractivity contribution in [3.05, 3.63) is 0 Å². The second kappa shape index (κ2) is 8.36. The van der Waals surface area contributed by atoms with E-state index in [-0.39, 0.29) is 11.4 Å². The number of carbonyl (C=O) groups excluding carboxylic acids is 1. The summed E-state index contributed by atoms with van der Waals surface area (Å²) in [4.78, 5) is 11.5. The highest BCUT2D eigenvalue weighted by Crippen LogP contribution is 2.31. The van der Waals surface area contributed by atoms with Gasteiger partial charge in [-0.05, 0) is 26.2 Å². The molecule has 104 valence electrons. The maximum atomic E-state index is 11.5. The van der Waals surface area contributed by atoms with Crippen LogP contribution in [0, 0.1) is 5.41 Å². The molecule has 0 aromatic rings. The molecule has 0 radical (unpaired) electrons. The molecule has 0 saturated heterocycles. The van der Waals surface area contributed by atoms with Gasteiger partial charge in [0.05, 0.1) is 12.0 Å². The van der Waals surface area contributed by atoms with Gasteiger partial charge < -0.3 is 22.0 Å². The SMILES string of the molecule is CCOC(=O)C(CC)(CC)CC.F[B-](F)(F)F. The molecule has 0 saturated carbocycles. The van der Waals surface area contributed by atoms with E-state index in [0.29, 0.717) is 6.61 Å². The topological polar surface area (TPSA) is 26.3 Å². The molecule has 0 fully saturated rings. The van der Waals surface area contributed by atoms with Crippen LogP contribution in [-0.2, 0) is 9.53 Å². The van der Waals surface area contributed by atoms with Gasteiger partial charge in [0.1, 0.15) is 0 Å². The number of rotatable bonds is 5. The van der Waals surface area contributed by atoms with Crippen LogP contribution in [0.4, 0.5) is 17.3 Å². The lowest BCUT2D eigenvalue weighted by Gasteiger charge is -2.27. The minimum Gasteiger partial charge on any atom is -0.466 e. The summed E-state index contributed by atoms with van der Waals surface area (Å²) in [5.41, 5.74) is -0.226. The molecule has 7 heteroatoms. The Morgan fingerprint density at radius 3 is 1.47 bits per heavy atom. The highest BCUT2D eigenvalue weighted by atomic mass is 19.5. The molecule has 0 aliphatic heterocycles. The van der Waals surface area contributed by atoms with Gasteiger partial charge in [-0.1, -0.05) is 20.8 Å². The van der Waals surface area contributed by atoms with E-state index in [9.17, 15) is 22.1 Å². The Kier molecular flexibility index (Phi) is 9.16. The van der Waals surface area contributed by atoms with Crippen LogP contribution in [-0.4, -0.2) is 19.8 Å². The van der Waals surface area contributed by atoms with E-state index in [0.717, 1.165) is 19.3 Å². The summed E-state index contributed by atoms with van der Waals surface area (Å²) in [6, 6.07) is 0. The lowest BCUT2D eigenvalue weighted by Crippen LogP contribution is -2.31. The Balaban J connectivity index is 0. The number of halogens is 4. The van der Waals surface area contributed by atoms with Crippen molar-refractivity contribution in [3.8, 4) is 0 Å². The Bertz CT molecular complexity index is 201. The van der Waals surface area contributed by atoms with E-state index >= 15 is 0 Å². The fourth-order valence-corrected chi connectivity index (χ4v) is 1.47. The first kappa shape index (κ1) is 18.6. The summed E-state index contributed by atoms with van der Waals surface area (Å²) in [6.07, 6.45) is 2.62. The third-order valence-corrected chi connectivity index (χ3v) is 2.74. The summed E-state index contributed by atoms with van der Waals surface area (Å²) >= 11 is 0. The highest BCUT2D eigenvalue weighted by Gasteiger charge is 2.33. The van der Waals surface area contributed by atoms with Crippen LogP contribution in [0.15, 0.2) is 0 Å². The molecule has 17 heavy (non-hydrogen) atoms. The molecule has 0 aliphatic rings. The number of hydrogen-bond donors (Lipinski definition) is 0. The van der Waals surface area contributed by atoms with E-state index in [1.54, 1.807) is 0 Å². The van der Waals surface area contributed by atoms with Crippen LogP contribution >= 0.6 is 0 Å². The van der Waals surface area contributed by atoms with Gasteiger partial charge in [0.2, 0.25) is 0 Å².